The number of aromatic nitrogens is 1. The van der Waals surface area contributed by atoms with Crippen molar-refractivity contribution < 1.29 is 5.03 Å². The van der Waals surface area contributed by atoms with E-state index >= 15 is 0 Å². The number of nitro groups is 1. The third kappa shape index (κ3) is 7.88. The van der Waals surface area contributed by atoms with Gasteiger partial charge in [-0.05, 0) is 0 Å². The normalized spacial score (nSPS) is 10.2. The van der Waals surface area contributed by atoms with E-state index in [4.69, 9.17) is 11.6 Å². The maximum absolute atomic E-state index is 10.1. The van der Waals surface area contributed by atoms with Gasteiger partial charge in [-0.3, -0.25) is 0 Å². The van der Waals surface area contributed by atoms with Gasteiger partial charge in [0.2, 0.25) is 0 Å². The molecule has 1 rings (SSSR count). The number of hydrogen-bond donors (Lipinski definition) is 2. The molecule has 0 amide bonds. The van der Waals surface area contributed by atoms with E-state index in [1.54, 1.807) is 6.20 Å². The summed E-state index contributed by atoms with van der Waals surface area (Å²) in [6.07, 6.45) is 1.60. The van der Waals surface area contributed by atoms with Crippen LogP contribution in [0.1, 0.15) is 4.88 Å². The Hall–Kier alpha value is 0.0500. The second-order valence-corrected chi connectivity index (χ2v) is 4.07. The molecule has 2 N–H and O–H groups in total. The molecule has 0 aliphatic rings. The highest BCUT2D eigenvalue weighted by atomic mass is 128. The summed E-state index contributed by atoms with van der Waals surface area (Å²) in [6.45, 7) is 0.387. The molecule has 0 bridgehead atoms. The van der Waals surface area contributed by atoms with E-state index in [9.17, 15) is 10.1 Å². The Bertz CT molecular complexity index is 388. The number of nitrogens with zero attached hydrogens (tertiary/aromatic N) is 3. The second kappa shape index (κ2) is 10.0. The number of guanidine groups is 1. The average Bonchev–Trinajstić information content (AvgIpc) is 2.72. The zero-order chi connectivity index (χ0) is 13.3. The quantitative estimate of drug-likeness (QED) is 0.217. The average molecular weight is 503 g/mol. The van der Waals surface area contributed by atoms with Gasteiger partial charge in [0.25, 0.3) is 5.96 Å². The number of thiazole rings is 1. The lowest BCUT2D eigenvalue weighted by atomic mass is 10.5. The molecule has 1 aromatic heterocycles. The van der Waals surface area contributed by atoms with Crippen molar-refractivity contribution in [1.29, 1.82) is 0 Å². The Balaban J connectivity index is 0.00000121. The van der Waals surface area contributed by atoms with Crippen molar-refractivity contribution in [1.82, 2.24) is 15.6 Å². The topological polar surface area (TPSA) is 92.5 Å². The fourth-order valence-corrected chi connectivity index (χ4v) is 1.71. The van der Waals surface area contributed by atoms with Crippen molar-refractivity contribution in [2.75, 3.05) is 7.05 Å². The lowest BCUT2D eigenvalue weighted by Crippen LogP contribution is -2.34. The fraction of sp³-hybridized carbons (Fsp3) is 0.333. The molecule has 1 heterocycles. The van der Waals surface area contributed by atoms with Crippen LogP contribution in [0.15, 0.2) is 11.3 Å². The summed E-state index contributed by atoms with van der Waals surface area (Å²) in [7, 11) is 1.54. The standard InChI is InChI=1S/C6H8ClN5O2S.I2/c1-8-6(11-12(13)14)10-3-4-2-9-5(7)15-4;1-2/h2H,3H2,1H3,(H2,8,10,11);. The Morgan fingerprint density at radius 3 is 2.82 bits per heavy atom. The summed E-state index contributed by atoms with van der Waals surface area (Å²) in [5.41, 5.74) is 0. The van der Waals surface area contributed by atoms with Gasteiger partial charge in [-0.25, -0.2) is 15.1 Å². The van der Waals surface area contributed by atoms with Crippen LogP contribution in [0.5, 0.6) is 0 Å². The van der Waals surface area contributed by atoms with E-state index in [-0.39, 0.29) is 5.96 Å². The van der Waals surface area contributed by atoms with Gasteiger partial charge in [-0.2, -0.15) is 0 Å². The second-order valence-electron chi connectivity index (χ2n) is 2.37. The van der Waals surface area contributed by atoms with Gasteiger partial charge in [-0.15, -0.1) is 11.3 Å². The SMILES string of the molecule is CN/C(=N\[N+](=O)[O-])NCc1cnc(Cl)s1.II. The molecule has 0 radical (unpaired) electrons. The van der Waals surface area contributed by atoms with Gasteiger partial charge < -0.3 is 10.6 Å². The Kier molecular flexibility index (Phi) is 10.0. The molecule has 7 nitrogen and oxygen atoms in total. The molecule has 0 fully saturated rings. The maximum atomic E-state index is 10.1. The highest BCUT2D eigenvalue weighted by Crippen LogP contribution is 2.16. The van der Waals surface area contributed by atoms with Gasteiger partial charge in [0, 0.05) is 55.4 Å². The van der Waals surface area contributed by atoms with Gasteiger partial charge >= 0.3 is 0 Å². The van der Waals surface area contributed by atoms with Crippen LogP contribution in [0.25, 0.3) is 0 Å². The molecular formula is C6H8ClI2N5O2S. The van der Waals surface area contributed by atoms with Crippen molar-refractivity contribution in [2.24, 2.45) is 5.10 Å². The highest BCUT2D eigenvalue weighted by Gasteiger charge is 2.04. The Labute approximate surface area is 130 Å². The molecular weight excluding hydrogens is 495 g/mol. The van der Waals surface area contributed by atoms with Crippen molar-refractivity contribution in [3.05, 3.63) is 25.7 Å². The number of hydrogen-bond acceptors (Lipinski definition) is 4. The molecule has 0 aliphatic heterocycles. The predicted molar refractivity (Wildman–Crippen MR) is 85.5 cm³/mol. The predicted octanol–water partition coefficient (Wildman–Crippen LogP) is 2.42. The summed E-state index contributed by atoms with van der Waals surface area (Å²) in [5.74, 6) is 0.0875. The van der Waals surface area contributed by atoms with E-state index in [1.165, 1.54) is 18.4 Å². The molecule has 0 atom stereocenters. The summed E-state index contributed by atoms with van der Waals surface area (Å²) in [5, 5.41) is 17.7. The zero-order valence-corrected chi connectivity index (χ0v) is 14.4. The van der Waals surface area contributed by atoms with Crippen LogP contribution in [-0.2, 0) is 6.54 Å². The van der Waals surface area contributed by atoms with Gasteiger partial charge in [0.1, 0.15) is 5.10 Å². The van der Waals surface area contributed by atoms with Crippen molar-refractivity contribution in [2.45, 2.75) is 6.54 Å². The molecule has 1 aromatic rings. The van der Waals surface area contributed by atoms with Crippen LogP contribution in [0.3, 0.4) is 0 Å². The van der Waals surface area contributed by atoms with Gasteiger partial charge in [-0.1, -0.05) is 11.6 Å². The Morgan fingerprint density at radius 1 is 1.76 bits per heavy atom. The molecule has 0 saturated heterocycles. The lowest BCUT2D eigenvalue weighted by Gasteiger charge is -2.02. The number of halogens is 3. The first-order valence-corrected chi connectivity index (χ1v) is 11.5. The monoisotopic (exact) mass is 503 g/mol. The summed E-state index contributed by atoms with van der Waals surface area (Å²) >= 11 is 11.2. The van der Waals surface area contributed by atoms with Gasteiger partial charge in [0.15, 0.2) is 9.50 Å². The first-order chi connectivity index (χ1) is 8.11. The van der Waals surface area contributed by atoms with Gasteiger partial charge in [0.05, 0.1) is 6.54 Å². The minimum absolute atomic E-state index is 0.0875. The first-order valence-electron chi connectivity index (χ1n) is 4.01. The van der Waals surface area contributed by atoms with Crippen molar-refractivity contribution in [3.63, 3.8) is 0 Å². The number of rotatable bonds is 3. The zero-order valence-electron chi connectivity index (χ0n) is 8.48. The molecule has 0 saturated carbocycles. The molecule has 11 heteroatoms. The molecule has 0 spiro atoms. The third-order valence-electron chi connectivity index (χ3n) is 1.37. The Morgan fingerprint density at radius 2 is 2.41 bits per heavy atom. The summed E-state index contributed by atoms with van der Waals surface area (Å²) in [4.78, 5) is 14.8. The van der Waals surface area contributed by atoms with E-state index in [0.717, 1.165) is 4.88 Å². The minimum atomic E-state index is -0.779. The number of nitrogens with one attached hydrogen (secondary N) is 2. The van der Waals surface area contributed by atoms with Crippen LogP contribution in [-0.4, -0.2) is 23.0 Å². The van der Waals surface area contributed by atoms with E-state index in [0.29, 0.717) is 11.0 Å². The van der Waals surface area contributed by atoms with Crippen LogP contribution < -0.4 is 10.6 Å². The van der Waals surface area contributed by atoms with Crippen molar-refractivity contribution >= 4 is 66.1 Å². The minimum Gasteiger partial charge on any atom is -0.354 e. The van der Waals surface area contributed by atoms with Crippen LogP contribution in [0, 0.1) is 10.1 Å². The van der Waals surface area contributed by atoms with Crippen LogP contribution in [0.4, 0.5) is 0 Å². The lowest BCUT2D eigenvalue weighted by molar-refractivity contribution is -0.485. The van der Waals surface area contributed by atoms with E-state index in [2.05, 4.69) is 58.0 Å². The van der Waals surface area contributed by atoms with E-state index < -0.39 is 5.03 Å². The maximum Gasteiger partial charge on any atom is 0.268 e. The summed E-state index contributed by atoms with van der Waals surface area (Å²) in [6, 6.07) is 0. The van der Waals surface area contributed by atoms with E-state index in [1.807, 2.05) is 0 Å². The molecule has 0 aliphatic carbocycles. The smallest absolute Gasteiger partial charge is 0.268 e. The molecule has 0 unspecified atom stereocenters. The van der Waals surface area contributed by atoms with Crippen LogP contribution >= 0.6 is 60.2 Å². The van der Waals surface area contributed by atoms with Crippen LogP contribution in [0.2, 0.25) is 4.47 Å². The third-order valence-corrected chi connectivity index (χ3v) is 2.49. The number of hydrazone groups is 1. The van der Waals surface area contributed by atoms with Crippen molar-refractivity contribution in [3.8, 4) is 0 Å². The molecule has 0 aromatic carbocycles. The molecule has 17 heavy (non-hydrogen) atoms. The highest BCUT2D eigenvalue weighted by molar-refractivity contribution is 15.0. The molecule has 96 valence electrons. The first kappa shape index (κ1) is 17.1. The fourth-order valence-electron chi connectivity index (χ4n) is 0.792. The summed E-state index contributed by atoms with van der Waals surface area (Å²) < 4.78 is 0.434. The largest absolute Gasteiger partial charge is 0.354 e.